The summed E-state index contributed by atoms with van der Waals surface area (Å²) in [6, 6.07) is 0. The van der Waals surface area contributed by atoms with Crippen LogP contribution in [0.5, 0.6) is 0 Å². The maximum absolute atomic E-state index is 13.7. The van der Waals surface area contributed by atoms with Gasteiger partial charge < -0.3 is 5.32 Å². The van der Waals surface area contributed by atoms with E-state index in [-0.39, 0.29) is 5.57 Å². The Morgan fingerprint density at radius 1 is 1.42 bits per heavy atom. The molecule has 1 atom stereocenters. The van der Waals surface area contributed by atoms with Gasteiger partial charge in [-0.05, 0) is 31.2 Å². The third-order valence-electron chi connectivity index (χ3n) is 2.77. The molecule has 0 aromatic heterocycles. The highest BCUT2D eigenvalue weighted by atomic mass is 19.1. The van der Waals surface area contributed by atoms with E-state index in [2.05, 4.69) is 5.32 Å². The zero-order chi connectivity index (χ0) is 14.0. The smallest absolute Gasteiger partial charge is 0.198 e. The van der Waals surface area contributed by atoms with E-state index < -0.39 is 29.2 Å². The topological polar surface area (TPSA) is 29.1 Å². The Labute approximate surface area is 108 Å². The summed E-state index contributed by atoms with van der Waals surface area (Å²) in [5, 5.41) is 2.95. The van der Waals surface area contributed by atoms with Crippen molar-refractivity contribution in [2.75, 3.05) is 6.54 Å². The number of Topliss-reactive ketones (excluding diaryl/α,β-unsaturated/α-hetero) is 1. The molecular weight excluding hydrogens is 255 g/mol. The number of dihydropyridines is 1. The van der Waals surface area contributed by atoms with Crippen LogP contribution in [0.4, 0.5) is 13.2 Å². The number of nitrogens with one attached hydrogen (secondary N) is 1. The Balaban J connectivity index is 2.40. The van der Waals surface area contributed by atoms with Crippen LogP contribution in [-0.2, 0) is 4.79 Å². The van der Waals surface area contributed by atoms with Crippen LogP contribution in [0.2, 0.25) is 0 Å². The molecule has 2 rings (SSSR count). The lowest BCUT2D eigenvalue weighted by atomic mass is 9.99. The largest absolute Gasteiger partial charge is 0.385 e. The highest BCUT2D eigenvalue weighted by molar-refractivity contribution is 6.13. The maximum atomic E-state index is 13.7. The predicted octanol–water partition coefficient (Wildman–Crippen LogP) is 2.97. The van der Waals surface area contributed by atoms with Crippen LogP contribution in [0.15, 0.2) is 58.9 Å². The zero-order valence-electron chi connectivity index (χ0n) is 10.2. The van der Waals surface area contributed by atoms with Crippen molar-refractivity contribution in [3.63, 3.8) is 0 Å². The number of hydrogen-bond donors (Lipinski definition) is 1. The van der Waals surface area contributed by atoms with Crippen molar-refractivity contribution in [1.29, 1.82) is 0 Å². The second kappa shape index (κ2) is 5.30. The van der Waals surface area contributed by atoms with Gasteiger partial charge in [-0.15, -0.1) is 0 Å². The van der Waals surface area contributed by atoms with Crippen molar-refractivity contribution in [3.8, 4) is 0 Å². The van der Waals surface area contributed by atoms with Gasteiger partial charge in [0.15, 0.2) is 5.78 Å². The van der Waals surface area contributed by atoms with Gasteiger partial charge in [-0.3, -0.25) is 4.79 Å². The van der Waals surface area contributed by atoms with Crippen LogP contribution in [-0.4, -0.2) is 18.5 Å². The Bertz CT molecular complexity index is 567. The molecule has 0 spiro atoms. The Morgan fingerprint density at radius 3 is 2.84 bits per heavy atom. The molecule has 0 amide bonds. The van der Waals surface area contributed by atoms with Gasteiger partial charge in [0.2, 0.25) is 0 Å². The second-order valence-corrected chi connectivity index (χ2v) is 4.24. The van der Waals surface area contributed by atoms with Crippen LogP contribution in [0, 0.1) is 0 Å². The van der Waals surface area contributed by atoms with E-state index in [0.29, 0.717) is 12.6 Å². The highest BCUT2D eigenvalue weighted by Gasteiger charge is 2.25. The third kappa shape index (κ3) is 2.86. The fourth-order valence-corrected chi connectivity index (χ4v) is 1.84. The number of hydrogen-bond acceptors (Lipinski definition) is 2. The van der Waals surface area contributed by atoms with E-state index in [4.69, 9.17) is 0 Å². The summed E-state index contributed by atoms with van der Waals surface area (Å²) < 4.78 is 40.5. The van der Waals surface area contributed by atoms with E-state index in [9.17, 15) is 18.0 Å². The van der Waals surface area contributed by atoms with E-state index in [1.807, 2.05) is 0 Å². The molecule has 0 aromatic carbocycles. The van der Waals surface area contributed by atoms with Crippen LogP contribution < -0.4 is 5.32 Å². The van der Waals surface area contributed by atoms with E-state index in [1.54, 1.807) is 6.92 Å². The van der Waals surface area contributed by atoms with Gasteiger partial charge in [0.25, 0.3) is 0 Å². The molecule has 0 bridgehead atoms. The molecule has 0 radical (unpaired) electrons. The standard InChI is InChI=1S/C14H12F3NO/c1-8-6-9(4-5-18-8)14(19)13-11(16)3-2-10(15)7-12(13)17/h2-4,6-7,10,18H,5H2,1H3. The normalized spacial score (nSPS) is 23.2. The molecule has 0 fully saturated rings. The molecule has 1 aliphatic heterocycles. The average molecular weight is 267 g/mol. The highest BCUT2D eigenvalue weighted by Crippen LogP contribution is 2.27. The van der Waals surface area contributed by atoms with Crippen LogP contribution in [0.3, 0.4) is 0 Å². The molecule has 1 unspecified atom stereocenters. The second-order valence-electron chi connectivity index (χ2n) is 4.24. The fraction of sp³-hybridized carbons (Fsp3) is 0.214. The number of ketones is 1. The van der Waals surface area contributed by atoms with Crippen molar-refractivity contribution in [1.82, 2.24) is 5.32 Å². The molecule has 1 aliphatic carbocycles. The molecule has 0 aromatic rings. The lowest BCUT2D eigenvalue weighted by Gasteiger charge is -2.13. The van der Waals surface area contributed by atoms with Crippen LogP contribution in [0.25, 0.3) is 0 Å². The van der Waals surface area contributed by atoms with Crippen molar-refractivity contribution in [2.24, 2.45) is 0 Å². The molecule has 2 aliphatic rings. The molecule has 19 heavy (non-hydrogen) atoms. The van der Waals surface area contributed by atoms with Gasteiger partial charge in [-0.1, -0.05) is 6.08 Å². The minimum absolute atomic E-state index is 0.190. The van der Waals surface area contributed by atoms with Crippen LogP contribution in [0.1, 0.15) is 6.92 Å². The third-order valence-corrected chi connectivity index (χ3v) is 2.77. The Kier molecular flexibility index (Phi) is 3.74. The first-order valence-electron chi connectivity index (χ1n) is 5.76. The molecule has 0 saturated heterocycles. The SMILES string of the molecule is CC1=CC(C(=O)C2=C(F)C=CC(F)C=C2F)=CCN1. The molecule has 0 saturated carbocycles. The molecule has 1 N–H and O–H groups in total. The predicted molar refractivity (Wildman–Crippen MR) is 66.2 cm³/mol. The summed E-state index contributed by atoms with van der Waals surface area (Å²) in [5.41, 5.74) is 0.188. The Hall–Kier alpha value is -2.04. The van der Waals surface area contributed by atoms with Crippen molar-refractivity contribution < 1.29 is 18.0 Å². The van der Waals surface area contributed by atoms with E-state index >= 15 is 0 Å². The van der Waals surface area contributed by atoms with Gasteiger partial charge >= 0.3 is 0 Å². The van der Waals surface area contributed by atoms with Gasteiger partial charge in [0, 0.05) is 17.8 Å². The number of carbonyl (C=O) groups excluding carboxylic acids is 1. The number of carbonyl (C=O) groups is 1. The molecule has 100 valence electrons. The summed E-state index contributed by atoms with van der Waals surface area (Å²) >= 11 is 0. The quantitative estimate of drug-likeness (QED) is 0.833. The number of rotatable bonds is 2. The fourth-order valence-electron chi connectivity index (χ4n) is 1.84. The first kappa shape index (κ1) is 13.4. The van der Waals surface area contributed by atoms with E-state index in [0.717, 1.165) is 17.8 Å². The summed E-state index contributed by atoms with van der Waals surface area (Å²) in [4.78, 5) is 12.1. The minimum Gasteiger partial charge on any atom is -0.385 e. The number of halogens is 3. The zero-order valence-corrected chi connectivity index (χ0v) is 10.2. The first-order chi connectivity index (χ1) is 8.99. The van der Waals surface area contributed by atoms with Crippen molar-refractivity contribution >= 4 is 5.78 Å². The molecule has 1 heterocycles. The Morgan fingerprint density at radius 2 is 2.16 bits per heavy atom. The molecular formula is C14H12F3NO. The minimum atomic E-state index is -1.74. The molecule has 5 heteroatoms. The van der Waals surface area contributed by atoms with Gasteiger partial charge in [0.1, 0.15) is 17.8 Å². The lowest BCUT2D eigenvalue weighted by Crippen LogP contribution is -2.19. The first-order valence-corrected chi connectivity index (χ1v) is 5.76. The van der Waals surface area contributed by atoms with Gasteiger partial charge in [-0.2, -0.15) is 0 Å². The van der Waals surface area contributed by atoms with Crippen molar-refractivity contribution in [3.05, 3.63) is 58.9 Å². The monoisotopic (exact) mass is 267 g/mol. The average Bonchev–Trinajstić information content (AvgIpc) is 2.48. The maximum Gasteiger partial charge on any atom is 0.198 e. The van der Waals surface area contributed by atoms with E-state index in [1.165, 1.54) is 12.2 Å². The van der Waals surface area contributed by atoms with Crippen LogP contribution >= 0.6 is 0 Å². The van der Waals surface area contributed by atoms with Gasteiger partial charge in [0.05, 0.1) is 5.57 Å². The van der Waals surface area contributed by atoms with Gasteiger partial charge in [-0.25, -0.2) is 13.2 Å². The number of allylic oxidation sites excluding steroid dienone is 9. The summed E-state index contributed by atoms with van der Waals surface area (Å²) in [6.45, 7) is 2.15. The number of alkyl halides is 1. The summed E-state index contributed by atoms with van der Waals surface area (Å²) in [6.07, 6.45) is 3.50. The van der Waals surface area contributed by atoms with Crippen molar-refractivity contribution in [2.45, 2.75) is 13.1 Å². The summed E-state index contributed by atoms with van der Waals surface area (Å²) in [7, 11) is 0. The molecule has 2 nitrogen and oxygen atoms in total. The lowest BCUT2D eigenvalue weighted by molar-refractivity contribution is -0.112. The summed E-state index contributed by atoms with van der Waals surface area (Å²) in [5.74, 6) is -3.03.